The fourth-order valence-electron chi connectivity index (χ4n) is 5.13. The summed E-state index contributed by atoms with van der Waals surface area (Å²) >= 11 is 5.89. The van der Waals surface area contributed by atoms with Gasteiger partial charge in [-0.15, -0.1) is 0 Å². The van der Waals surface area contributed by atoms with E-state index in [-0.39, 0.29) is 18.1 Å². The van der Waals surface area contributed by atoms with Crippen molar-refractivity contribution in [1.29, 1.82) is 0 Å². The molecule has 1 saturated heterocycles. The number of thiocarbonyl (C=S) groups is 1. The van der Waals surface area contributed by atoms with Crippen molar-refractivity contribution in [3.8, 4) is 11.4 Å². The summed E-state index contributed by atoms with van der Waals surface area (Å²) in [6.07, 6.45) is 1.80. The summed E-state index contributed by atoms with van der Waals surface area (Å²) in [6.45, 7) is 4.15. The van der Waals surface area contributed by atoms with Crippen LogP contribution in [0.2, 0.25) is 0 Å². The number of ether oxygens (including phenoxy) is 2. The van der Waals surface area contributed by atoms with Gasteiger partial charge in [-0.2, -0.15) is 0 Å². The maximum Gasteiger partial charge on any atom is 0.337 e. The molecule has 4 aromatic rings. The smallest absolute Gasteiger partial charge is 0.337 e. The average molecular weight is 513 g/mol. The predicted octanol–water partition coefficient (Wildman–Crippen LogP) is 5.46. The molecule has 2 aromatic carbocycles. The Morgan fingerprint density at radius 2 is 1.78 bits per heavy atom. The van der Waals surface area contributed by atoms with Gasteiger partial charge in [-0.1, -0.05) is 24.3 Å². The Morgan fingerprint density at radius 1 is 1.00 bits per heavy atom. The van der Waals surface area contributed by atoms with Gasteiger partial charge >= 0.3 is 5.97 Å². The van der Waals surface area contributed by atoms with E-state index in [4.69, 9.17) is 21.7 Å². The van der Waals surface area contributed by atoms with Crippen molar-refractivity contribution < 1.29 is 14.3 Å². The van der Waals surface area contributed by atoms with Gasteiger partial charge in [-0.05, 0) is 80.2 Å². The van der Waals surface area contributed by atoms with Gasteiger partial charge in [0.15, 0.2) is 5.11 Å². The topological polar surface area (TPSA) is 68.6 Å². The molecule has 5 rings (SSSR count). The maximum absolute atomic E-state index is 12.2. The van der Waals surface area contributed by atoms with Crippen LogP contribution in [0.1, 0.15) is 45.1 Å². The molecule has 0 spiro atoms. The summed E-state index contributed by atoms with van der Waals surface area (Å²) < 4.78 is 12.8. The van der Waals surface area contributed by atoms with Crippen LogP contribution in [0.4, 0.5) is 5.69 Å². The van der Waals surface area contributed by atoms with E-state index < -0.39 is 0 Å². The highest BCUT2D eigenvalue weighted by Crippen LogP contribution is 2.46. The number of nitrogens with zero attached hydrogens (tertiary/aromatic N) is 3. The van der Waals surface area contributed by atoms with E-state index in [0.717, 1.165) is 39.8 Å². The van der Waals surface area contributed by atoms with Crippen molar-refractivity contribution in [2.24, 2.45) is 0 Å². The standard InChI is InChI=1S/C29H28N4O3S/c1-18-16-22(19(2)32(18)21-11-9-10-20(17-21)28(34)36-4)27-26(23-12-7-8-15-30-23)31-29(37)33(27)24-13-5-6-14-25(24)35-3/h5-17,26-27H,1-4H3,(H,31,37)/t26-,27-/m0/s1. The molecule has 0 aliphatic carbocycles. The molecule has 3 heterocycles. The number of benzene rings is 2. The summed E-state index contributed by atoms with van der Waals surface area (Å²) in [5.41, 5.74) is 6.32. The predicted molar refractivity (Wildman–Crippen MR) is 148 cm³/mol. The molecule has 2 atom stereocenters. The van der Waals surface area contributed by atoms with Crippen LogP contribution < -0.4 is 15.0 Å². The maximum atomic E-state index is 12.2. The Morgan fingerprint density at radius 3 is 2.51 bits per heavy atom. The zero-order valence-corrected chi connectivity index (χ0v) is 22.0. The molecule has 1 aliphatic rings. The fourth-order valence-corrected chi connectivity index (χ4v) is 5.47. The van der Waals surface area contributed by atoms with E-state index in [9.17, 15) is 4.79 Å². The van der Waals surface area contributed by atoms with Gasteiger partial charge in [-0.25, -0.2) is 4.79 Å². The summed E-state index contributed by atoms with van der Waals surface area (Å²) in [5.74, 6) is 0.366. The molecule has 0 bridgehead atoms. The van der Waals surface area contributed by atoms with Crippen LogP contribution in [0.3, 0.4) is 0 Å². The van der Waals surface area contributed by atoms with Crippen LogP contribution in [0, 0.1) is 13.8 Å². The normalized spacial score (nSPS) is 17.0. The summed E-state index contributed by atoms with van der Waals surface area (Å²) in [7, 11) is 3.05. The zero-order valence-electron chi connectivity index (χ0n) is 21.1. The van der Waals surface area contributed by atoms with Crippen molar-refractivity contribution in [1.82, 2.24) is 14.9 Å². The summed E-state index contributed by atoms with van der Waals surface area (Å²) in [4.78, 5) is 19.0. The van der Waals surface area contributed by atoms with Gasteiger partial charge in [0, 0.05) is 23.3 Å². The highest BCUT2D eigenvalue weighted by Gasteiger charge is 2.43. The number of pyridine rings is 1. The second-order valence-corrected chi connectivity index (χ2v) is 9.26. The van der Waals surface area contributed by atoms with Crippen LogP contribution in [-0.4, -0.2) is 34.9 Å². The Balaban J connectivity index is 1.68. The molecule has 8 heteroatoms. The molecule has 7 nitrogen and oxygen atoms in total. The number of rotatable bonds is 6. The van der Waals surface area contributed by atoms with Crippen LogP contribution in [-0.2, 0) is 4.74 Å². The lowest BCUT2D eigenvalue weighted by atomic mass is 9.96. The van der Waals surface area contributed by atoms with Crippen molar-refractivity contribution in [3.05, 3.63) is 107 Å². The van der Waals surface area contributed by atoms with Gasteiger partial charge < -0.3 is 24.3 Å². The number of hydrogen-bond donors (Lipinski definition) is 1. The van der Waals surface area contributed by atoms with Crippen molar-refractivity contribution in [2.75, 3.05) is 19.1 Å². The number of esters is 1. The minimum atomic E-state index is -0.368. The first kappa shape index (κ1) is 24.5. The lowest BCUT2D eigenvalue weighted by Gasteiger charge is -2.29. The number of aromatic nitrogens is 2. The number of carbonyl (C=O) groups is 1. The van der Waals surface area contributed by atoms with Gasteiger partial charge in [0.1, 0.15) is 5.75 Å². The van der Waals surface area contributed by atoms with E-state index in [1.54, 1.807) is 19.4 Å². The second-order valence-electron chi connectivity index (χ2n) is 8.87. The minimum Gasteiger partial charge on any atom is -0.495 e. The number of aryl methyl sites for hydroxylation is 1. The zero-order chi connectivity index (χ0) is 26.1. The molecule has 2 aromatic heterocycles. The Hall–Kier alpha value is -4.17. The Bertz CT molecular complexity index is 1470. The SMILES string of the molecule is COC(=O)c1cccc(-n2c(C)cc([C@H]3[C@H](c4ccccn4)NC(=S)N3c3ccccc3OC)c2C)c1. The minimum absolute atomic E-state index is 0.186. The lowest BCUT2D eigenvalue weighted by Crippen LogP contribution is -2.30. The van der Waals surface area contributed by atoms with Crippen molar-refractivity contribution >= 4 is 29.0 Å². The van der Waals surface area contributed by atoms with E-state index in [1.807, 2.05) is 60.7 Å². The van der Waals surface area contributed by atoms with Gasteiger partial charge in [0.05, 0.1) is 43.2 Å². The first-order chi connectivity index (χ1) is 17.9. The van der Waals surface area contributed by atoms with Crippen LogP contribution >= 0.6 is 12.2 Å². The molecule has 0 amide bonds. The third-order valence-electron chi connectivity index (χ3n) is 6.76. The van der Waals surface area contributed by atoms with Crippen LogP contribution in [0.15, 0.2) is 79.0 Å². The first-order valence-corrected chi connectivity index (χ1v) is 12.4. The number of methoxy groups -OCH3 is 2. The fraction of sp³-hybridized carbons (Fsp3) is 0.207. The molecular weight excluding hydrogens is 484 g/mol. The molecule has 0 radical (unpaired) electrons. The molecule has 1 aliphatic heterocycles. The number of nitrogens with one attached hydrogen (secondary N) is 1. The Kier molecular flexibility index (Phi) is 6.67. The second kappa shape index (κ2) is 10.1. The third kappa shape index (κ3) is 4.34. The van der Waals surface area contributed by atoms with Gasteiger partial charge in [-0.3, -0.25) is 4.98 Å². The van der Waals surface area contributed by atoms with Gasteiger partial charge in [0.25, 0.3) is 0 Å². The average Bonchev–Trinajstić information content (AvgIpc) is 3.43. The molecule has 188 valence electrons. The lowest BCUT2D eigenvalue weighted by molar-refractivity contribution is 0.0600. The monoisotopic (exact) mass is 512 g/mol. The molecular formula is C29H28N4O3S. The van der Waals surface area contributed by atoms with E-state index >= 15 is 0 Å². The van der Waals surface area contributed by atoms with Crippen molar-refractivity contribution in [2.45, 2.75) is 25.9 Å². The number of carbonyl (C=O) groups excluding carboxylic acids is 1. The molecule has 0 unspecified atom stereocenters. The largest absolute Gasteiger partial charge is 0.495 e. The highest BCUT2D eigenvalue weighted by atomic mass is 32.1. The molecule has 0 saturated carbocycles. The van der Waals surface area contributed by atoms with Crippen LogP contribution in [0.25, 0.3) is 5.69 Å². The number of hydrogen-bond acceptors (Lipinski definition) is 5. The summed E-state index contributed by atoms with van der Waals surface area (Å²) in [6, 6.07) is 23.0. The first-order valence-electron chi connectivity index (χ1n) is 12.0. The van der Waals surface area contributed by atoms with E-state index in [2.05, 4.69) is 39.7 Å². The highest BCUT2D eigenvalue weighted by molar-refractivity contribution is 7.80. The quantitative estimate of drug-likeness (QED) is 0.272. The molecule has 37 heavy (non-hydrogen) atoms. The number of para-hydroxylation sites is 2. The van der Waals surface area contributed by atoms with E-state index in [0.29, 0.717) is 10.7 Å². The third-order valence-corrected chi connectivity index (χ3v) is 7.07. The van der Waals surface area contributed by atoms with Gasteiger partial charge in [0.2, 0.25) is 0 Å². The summed E-state index contributed by atoms with van der Waals surface area (Å²) in [5, 5.41) is 4.11. The number of anilines is 1. The molecule has 1 N–H and O–H groups in total. The Labute approximate surface area is 221 Å². The molecule has 1 fully saturated rings. The van der Waals surface area contributed by atoms with Crippen LogP contribution in [0.5, 0.6) is 5.75 Å². The van der Waals surface area contributed by atoms with Crippen molar-refractivity contribution in [3.63, 3.8) is 0 Å². The van der Waals surface area contributed by atoms with E-state index in [1.165, 1.54) is 7.11 Å².